The Balaban J connectivity index is 2.05. The summed E-state index contributed by atoms with van der Waals surface area (Å²) in [5, 5.41) is 0. The summed E-state index contributed by atoms with van der Waals surface area (Å²) < 4.78 is 34.3. The summed E-state index contributed by atoms with van der Waals surface area (Å²) >= 11 is 5.04. The average molecular weight is 375 g/mol. The van der Waals surface area contributed by atoms with Gasteiger partial charge in [-0.25, -0.2) is 13.8 Å². The van der Waals surface area contributed by atoms with E-state index in [9.17, 15) is 13.6 Å². The van der Waals surface area contributed by atoms with Crippen LogP contribution < -0.4 is 10.3 Å². The first-order chi connectivity index (χ1) is 12.4. The number of nitrogens with one attached hydrogen (secondary N) is 1. The van der Waals surface area contributed by atoms with Crippen LogP contribution in [0.3, 0.4) is 0 Å². The number of benzene rings is 1. The van der Waals surface area contributed by atoms with E-state index in [-0.39, 0.29) is 17.1 Å². The number of pyridine rings is 1. The Bertz CT molecular complexity index is 1090. The zero-order valence-electron chi connectivity index (χ0n) is 14.0. The largest absolute Gasteiger partial charge is 0.494 e. The number of H-pyrrole nitrogens is 1. The maximum atomic E-state index is 14.1. The lowest BCUT2D eigenvalue weighted by Gasteiger charge is -2.10. The fourth-order valence-electron chi connectivity index (χ4n) is 2.59. The van der Waals surface area contributed by atoms with E-state index >= 15 is 0 Å². The number of ether oxygens (including phenoxy) is 1. The van der Waals surface area contributed by atoms with E-state index in [1.807, 2.05) is 0 Å². The summed E-state index contributed by atoms with van der Waals surface area (Å²) in [4.78, 5) is 19.1. The van der Waals surface area contributed by atoms with Crippen molar-refractivity contribution >= 4 is 12.2 Å². The second kappa shape index (κ2) is 7.17. The Hall–Kier alpha value is -2.87. The minimum absolute atomic E-state index is 0.00316. The number of nitrogens with zero attached hydrogens (tertiary/aromatic N) is 2. The molecule has 0 atom stereocenters. The molecule has 0 radical (unpaired) electrons. The first-order valence-corrected chi connectivity index (χ1v) is 8.09. The number of methoxy groups -OCH3 is 1. The van der Waals surface area contributed by atoms with Gasteiger partial charge in [-0.2, -0.15) is 0 Å². The molecule has 2 aromatic heterocycles. The normalized spacial score (nSPS) is 10.8. The number of hydrogen-bond donors (Lipinski definition) is 1. The van der Waals surface area contributed by atoms with Crippen molar-refractivity contribution in [2.75, 3.05) is 7.11 Å². The first kappa shape index (κ1) is 17.9. The highest BCUT2D eigenvalue weighted by Crippen LogP contribution is 2.20. The van der Waals surface area contributed by atoms with Gasteiger partial charge in [0.05, 0.1) is 19.3 Å². The molecule has 3 aromatic rings. The van der Waals surface area contributed by atoms with Gasteiger partial charge in [-0.05, 0) is 49.0 Å². The number of rotatable bonds is 4. The van der Waals surface area contributed by atoms with Gasteiger partial charge in [0, 0.05) is 17.5 Å². The van der Waals surface area contributed by atoms with E-state index in [1.165, 1.54) is 30.0 Å². The molecule has 0 saturated heterocycles. The summed E-state index contributed by atoms with van der Waals surface area (Å²) in [7, 11) is 1.36. The van der Waals surface area contributed by atoms with Gasteiger partial charge in [0.1, 0.15) is 0 Å². The molecule has 8 heteroatoms. The van der Waals surface area contributed by atoms with Gasteiger partial charge >= 0.3 is 0 Å². The van der Waals surface area contributed by atoms with E-state index < -0.39 is 17.2 Å². The van der Waals surface area contributed by atoms with Crippen LogP contribution in [0.25, 0.3) is 11.3 Å². The summed E-state index contributed by atoms with van der Waals surface area (Å²) in [6, 6.07) is 7.13. The second-order valence-corrected chi connectivity index (χ2v) is 6.12. The predicted octanol–water partition coefficient (Wildman–Crippen LogP) is 3.61. The zero-order chi connectivity index (χ0) is 18.8. The summed E-state index contributed by atoms with van der Waals surface area (Å²) in [6.45, 7) is 1.80. The van der Waals surface area contributed by atoms with Gasteiger partial charge in [-0.3, -0.25) is 4.79 Å². The van der Waals surface area contributed by atoms with Crippen LogP contribution in [-0.2, 0) is 6.54 Å². The Morgan fingerprint density at radius 3 is 2.65 bits per heavy atom. The zero-order valence-corrected chi connectivity index (χ0v) is 14.9. The molecule has 0 aliphatic carbocycles. The molecule has 0 unspecified atom stereocenters. The van der Waals surface area contributed by atoms with Crippen LogP contribution in [0, 0.1) is 23.3 Å². The monoisotopic (exact) mass is 375 g/mol. The highest BCUT2D eigenvalue weighted by atomic mass is 32.1. The molecule has 0 aliphatic heterocycles. The number of aryl methyl sites for hydroxylation is 1. The van der Waals surface area contributed by atoms with E-state index in [1.54, 1.807) is 19.1 Å². The molecule has 26 heavy (non-hydrogen) atoms. The van der Waals surface area contributed by atoms with Crippen molar-refractivity contribution < 1.29 is 13.5 Å². The lowest BCUT2D eigenvalue weighted by molar-refractivity contribution is 0.386. The quantitative estimate of drug-likeness (QED) is 0.708. The van der Waals surface area contributed by atoms with Gasteiger partial charge in [0.2, 0.25) is 0 Å². The van der Waals surface area contributed by atoms with Crippen molar-refractivity contribution in [2.24, 2.45) is 0 Å². The summed E-state index contributed by atoms with van der Waals surface area (Å²) in [5.41, 5.74) is 1.30. The molecule has 5 nitrogen and oxygen atoms in total. The molecule has 0 spiro atoms. The lowest BCUT2D eigenvalue weighted by atomic mass is 10.1. The molecule has 134 valence electrons. The van der Waals surface area contributed by atoms with Crippen LogP contribution in [0.2, 0.25) is 0 Å². The van der Waals surface area contributed by atoms with E-state index in [0.29, 0.717) is 16.8 Å². The average Bonchev–Trinajstić information content (AvgIpc) is 2.58. The van der Waals surface area contributed by atoms with Crippen LogP contribution in [-0.4, -0.2) is 21.6 Å². The van der Waals surface area contributed by atoms with Gasteiger partial charge in [0.15, 0.2) is 22.2 Å². The Morgan fingerprint density at radius 1 is 1.23 bits per heavy atom. The van der Waals surface area contributed by atoms with Crippen LogP contribution in [0.15, 0.2) is 41.3 Å². The van der Waals surface area contributed by atoms with Crippen molar-refractivity contribution in [1.82, 2.24) is 14.5 Å². The maximum Gasteiger partial charge on any atom is 0.286 e. The number of aromatic amines is 1. The number of halogens is 2. The topological polar surface area (TPSA) is 59.9 Å². The maximum absolute atomic E-state index is 14.1. The molecule has 0 saturated carbocycles. The smallest absolute Gasteiger partial charge is 0.286 e. The highest BCUT2D eigenvalue weighted by Gasteiger charge is 2.11. The number of aromatic nitrogens is 3. The van der Waals surface area contributed by atoms with Crippen molar-refractivity contribution in [3.05, 3.63) is 74.5 Å². The molecular formula is C18H15F2N3O2S. The molecule has 3 rings (SSSR count). The van der Waals surface area contributed by atoms with E-state index in [2.05, 4.69) is 9.97 Å². The molecule has 0 bridgehead atoms. The summed E-state index contributed by atoms with van der Waals surface area (Å²) in [6.07, 6.45) is 1.48. The predicted molar refractivity (Wildman–Crippen MR) is 95.9 cm³/mol. The number of hydrogen-bond acceptors (Lipinski definition) is 4. The molecule has 0 fully saturated rings. The van der Waals surface area contributed by atoms with E-state index in [0.717, 1.165) is 11.8 Å². The fourth-order valence-corrected chi connectivity index (χ4v) is 2.85. The third-order valence-corrected chi connectivity index (χ3v) is 3.98. The Kier molecular flexibility index (Phi) is 4.94. The molecule has 2 heterocycles. The SMILES string of the molecule is COc1ccc(Cn2cc(-c3cc(C)[nH]c(=S)n3)cc(F)c2=O)cc1F. The lowest BCUT2D eigenvalue weighted by Crippen LogP contribution is -2.23. The van der Waals surface area contributed by atoms with Crippen LogP contribution in [0.5, 0.6) is 5.75 Å². The Labute approximate surface area is 152 Å². The fraction of sp³-hybridized carbons (Fsp3) is 0.167. The third kappa shape index (κ3) is 3.70. The van der Waals surface area contributed by atoms with Gasteiger partial charge in [-0.1, -0.05) is 6.07 Å². The van der Waals surface area contributed by atoms with Gasteiger partial charge < -0.3 is 14.3 Å². The molecular weight excluding hydrogens is 360 g/mol. The van der Waals surface area contributed by atoms with Crippen molar-refractivity contribution in [3.63, 3.8) is 0 Å². The van der Waals surface area contributed by atoms with Gasteiger partial charge in [-0.15, -0.1) is 0 Å². The minimum atomic E-state index is -0.922. The van der Waals surface area contributed by atoms with Crippen LogP contribution in [0.1, 0.15) is 11.3 Å². The standard InChI is InChI=1S/C18H15F2N3O2S/c1-10-5-15(22-18(26)21-10)12-7-14(20)17(24)23(9-12)8-11-3-4-16(25-2)13(19)6-11/h3-7,9H,8H2,1-2H3,(H,21,22,26). The Morgan fingerprint density at radius 2 is 2.00 bits per heavy atom. The van der Waals surface area contributed by atoms with Crippen LogP contribution >= 0.6 is 12.2 Å². The van der Waals surface area contributed by atoms with Crippen molar-refractivity contribution in [1.29, 1.82) is 0 Å². The van der Waals surface area contributed by atoms with Crippen molar-refractivity contribution in [3.8, 4) is 17.0 Å². The van der Waals surface area contributed by atoms with Gasteiger partial charge in [0.25, 0.3) is 5.56 Å². The molecule has 0 aliphatic rings. The first-order valence-electron chi connectivity index (χ1n) is 7.68. The van der Waals surface area contributed by atoms with E-state index in [4.69, 9.17) is 17.0 Å². The van der Waals surface area contributed by atoms with Crippen LogP contribution in [0.4, 0.5) is 8.78 Å². The summed E-state index contributed by atoms with van der Waals surface area (Å²) in [5.74, 6) is -1.38. The minimum Gasteiger partial charge on any atom is -0.494 e. The third-order valence-electron chi connectivity index (χ3n) is 3.79. The molecule has 0 amide bonds. The molecule has 1 aromatic carbocycles. The highest BCUT2D eigenvalue weighted by molar-refractivity contribution is 7.71. The van der Waals surface area contributed by atoms with Crippen molar-refractivity contribution in [2.45, 2.75) is 13.5 Å². The second-order valence-electron chi connectivity index (χ2n) is 5.73. The molecule has 1 N–H and O–H groups in total.